The van der Waals surface area contributed by atoms with Gasteiger partial charge in [0.15, 0.2) is 21.4 Å². The highest BCUT2D eigenvalue weighted by molar-refractivity contribution is 7.90. The molecule has 0 amide bonds. The number of aromatic hydroxyl groups is 1. The van der Waals surface area contributed by atoms with Gasteiger partial charge in [-0.1, -0.05) is 0 Å². The lowest BCUT2D eigenvalue weighted by atomic mass is 10.1. The number of sulfone groups is 1. The summed E-state index contributed by atoms with van der Waals surface area (Å²) in [4.78, 5) is -1.09. The molecule has 7 heteroatoms. The minimum Gasteiger partial charge on any atom is -0.505 e. The Bertz CT molecular complexity index is 544. The van der Waals surface area contributed by atoms with E-state index >= 15 is 0 Å². The third kappa shape index (κ3) is 3.17. The van der Waals surface area contributed by atoms with Crippen LogP contribution in [0.2, 0.25) is 0 Å². The van der Waals surface area contributed by atoms with Crippen LogP contribution >= 0.6 is 0 Å². The topological polar surface area (TPSA) is 80.4 Å². The second-order valence-corrected chi connectivity index (χ2v) is 5.98. The van der Waals surface area contributed by atoms with Crippen molar-refractivity contribution in [1.29, 1.82) is 0 Å². The quantitative estimate of drug-likeness (QED) is 0.797. The maximum absolute atomic E-state index is 13.6. The summed E-state index contributed by atoms with van der Waals surface area (Å²) in [6.45, 7) is 0.438. The van der Waals surface area contributed by atoms with Crippen LogP contribution in [-0.4, -0.2) is 26.3 Å². The molecule has 0 unspecified atom stereocenters. The number of aryl methyl sites for hydroxylation is 1. The van der Waals surface area contributed by atoms with Gasteiger partial charge in [-0.2, -0.15) is 0 Å². The molecule has 3 N–H and O–H groups in total. The first-order valence-electron chi connectivity index (χ1n) is 5.39. The molecule has 18 heavy (non-hydrogen) atoms. The van der Waals surface area contributed by atoms with E-state index in [0.29, 0.717) is 25.6 Å². The second kappa shape index (κ2) is 5.62. The Morgan fingerprint density at radius 2 is 1.94 bits per heavy atom. The summed E-state index contributed by atoms with van der Waals surface area (Å²) in [5.74, 6) is -3.43. The van der Waals surface area contributed by atoms with Crippen molar-refractivity contribution in [2.24, 2.45) is 5.73 Å². The Morgan fingerprint density at radius 1 is 1.33 bits per heavy atom. The highest BCUT2D eigenvalue weighted by Gasteiger charge is 2.24. The maximum Gasteiger partial charge on any atom is 0.186 e. The molecule has 0 aliphatic rings. The third-order valence-electron chi connectivity index (χ3n) is 2.50. The summed E-state index contributed by atoms with van der Waals surface area (Å²) < 4.78 is 49.6. The maximum atomic E-state index is 13.6. The molecule has 0 aliphatic heterocycles. The summed E-state index contributed by atoms with van der Waals surface area (Å²) in [5, 5.41) is 9.53. The van der Waals surface area contributed by atoms with Gasteiger partial charge >= 0.3 is 0 Å². The summed E-state index contributed by atoms with van der Waals surface area (Å²) >= 11 is 0. The van der Waals surface area contributed by atoms with Crippen LogP contribution in [-0.2, 0) is 16.3 Å². The zero-order valence-corrected chi connectivity index (χ0v) is 10.7. The van der Waals surface area contributed by atoms with E-state index in [1.165, 1.54) is 0 Å². The van der Waals surface area contributed by atoms with E-state index in [9.17, 15) is 22.3 Å². The molecule has 4 nitrogen and oxygen atoms in total. The fourth-order valence-corrected chi connectivity index (χ4v) is 2.47. The SMILES string of the molecule is CS(=O)(=O)c1c(F)cc(CCCCN)c(O)c1F. The first kappa shape index (κ1) is 14.8. The fraction of sp³-hybridized carbons (Fsp3) is 0.455. The van der Waals surface area contributed by atoms with Crippen molar-refractivity contribution in [2.75, 3.05) is 12.8 Å². The molecule has 1 rings (SSSR count). The van der Waals surface area contributed by atoms with Crippen LogP contribution in [0.25, 0.3) is 0 Å². The van der Waals surface area contributed by atoms with E-state index in [1.807, 2.05) is 0 Å². The smallest absolute Gasteiger partial charge is 0.186 e. The van der Waals surface area contributed by atoms with E-state index < -0.39 is 32.1 Å². The highest BCUT2D eigenvalue weighted by atomic mass is 32.2. The highest BCUT2D eigenvalue weighted by Crippen LogP contribution is 2.30. The molecule has 1 aromatic carbocycles. The van der Waals surface area contributed by atoms with Crippen LogP contribution in [0.15, 0.2) is 11.0 Å². The van der Waals surface area contributed by atoms with Crippen molar-refractivity contribution in [1.82, 2.24) is 0 Å². The van der Waals surface area contributed by atoms with Gasteiger partial charge in [0.1, 0.15) is 10.7 Å². The molecule has 0 radical (unpaired) electrons. The zero-order valence-electron chi connectivity index (χ0n) is 9.91. The molecule has 0 bridgehead atoms. The number of rotatable bonds is 5. The number of nitrogens with two attached hydrogens (primary N) is 1. The number of unbranched alkanes of at least 4 members (excludes halogenated alkanes) is 1. The molecule has 102 valence electrons. The van der Waals surface area contributed by atoms with Crippen molar-refractivity contribution in [3.63, 3.8) is 0 Å². The summed E-state index contributed by atoms with van der Waals surface area (Å²) in [6.07, 6.45) is 2.13. The number of hydrogen-bond donors (Lipinski definition) is 2. The Hall–Kier alpha value is -1.21. The summed E-state index contributed by atoms with van der Waals surface area (Å²) in [6, 6.07) is 0.852. The van der Waals surface area contributed by atoms with Gasteiger partial charge < -0.3 is 10.8 Å². The van der Waals surface area contributed by atoms with Gasteiger partial charge in [0.2, 0.25) is 0 Å². The number of phenols is 1. The van der Waals surface area contributed by atoms with E-state index in [1.54, 1.807) is 0 Å². The number of phenolic OH excluding ortho intramolecular Hbond substituents is 1. The molecule has 0 heterocycles. The Morgan fingerprint density at radius 3 is 2.44 bits per heavy atom. The van der Waals surface area contributed by atoms with Crippen LogP contribution in [0.1, 0.15) is 18.4 Å². The average molecular weight is 279 g/mol. The van der Waals surface area contributed by atoms with E-state index in [4.69, 9.17) is 5.73 Å². The van der Waals surface area contributed by atoms with Gasteiger partial charge in [0, 0.05) is 6.26 Å². The van der Waals surface area contributed by atoms with Crippen LogP contribution in [0.5, 0.6) is 5.75 Å². The lowest BCUT2D eigenvalue weighted by molar-refractivity contribution is 0.405. The third-order valence-corrected chi connectivity index (χ3v) is 3.62. The fourth-order valence-electron chi connectivity index (χ4n) is 1.63. The Kier molecular flexibility index (Phi) is 4.64. The first-order valence-corrected chi connectivity index (χ1v) is 7.28. The minimum atomic E-state index is -4.06. The van der Waals surface area contributed by atoms with Crippen molar-refractivity contribution in [3.8, 4) is 5.75 Å². The lowest BCUT2D eigenvalue weighted by Crippen LogP contribution is -2.07. The van der Waals surface area contributed by atoms with Crippen molar-refractivity contribution >= 4 is 9.84 Å². The van der Waals surface area contributed by atoms with Gasteiger partial charge in [-0.3, -0.25) is 0 Å². The van der Waals surface area contributed by atoms with Crippen molar-refractivity contribution in [3.05, 3.63) is 23.3 Å². The summed E-state index contributed by atoms with van der Waals surface area (Å²) in [7, 11) is -4.06. The second-order valence-electron chi connectivity index (χ2n) is 4.03. The predicted molar refractivity (Wildman–Crippen MR) is 63.1 cm³/mol. The normalized spacial score (nSPS) is 11.8. The van der Waals surface area contributed by atoms with Gasteiger partial charge in [0.25, 0.3) is 0 Å². The summed E-state index contributed by atoms with van der Waals surface area (Å²) in [5.41, 5.74) is 5.33. The molecule has 1 aromatic rings. The molecular weight excluding hydrogens is 264 g/mol. The molecular formula is C11H15F2NO3S. The molecule has 0 atom stereocenters. The Balaban J connectivity index is 3.21. The number of halogens is 2. The molecule has 0 spiro atoms. The van der Waals surface area contributed by atoms with Crippen molar-refractivity contribution < 1.29 is 22.3 Å². The van der Waals surface area contributed by atoms with Gasteiger partial charge in [-0.15, -0.1) is 0 Å². The van der Waals surface area contributed by atoms with Crippen LogP contribution in [0, 0.1) is 11.6 Å². The molecule has 0 aromatic heterocycles. The predicted octanol–water partition coefficient (Wildman–Crippen LogP) is 1.36. The number of hydrogen-bond acceptors (Lipinski definition) is 4. The first-order chi connectivity index (χ1) is 8.29. The number of benzene rings is 1. The average Bonchev–Trinajstić information content (AvgIpc) is 2.23. The van der Waals surface area contributed by atoms with Crippen LogP contribution in [0.3, 0.4) is 0 Å². The zero-order chi connectivity index (χ0) is 13.9. The monoisotopic (exact) mass is 279 g/mol. The molecule has 0 saturated carbocycles. The van der Waals surface area contributed by atoms with Crippen molar-refractivity contribution in [2.45, 2.75) is 24.2 Å². The Labute approximate surface area is 104 Å². The van der Waals surface area contributed by atoms with Gasteiger partial charge in [-0.05, 0) is 37.4 Å². The minimum absolute atomic E-state index is 0.0471. The molecule has 0 fully saturated rings. The van der Waals surface area contributed by atoms with Gasteiger partial charge in [-0.25, -0.2) is 17.2 Å². The molecule has 0 saturated heterocycles. The van der Waals surface area contributed by atoms with E-state index in [0.717, 1.165) is 6.07 Å². The van der Waals surface area contributed by atoms with E-state index in [2.05, 4.69) is 0 Å². The molecule has 0 aliphatic carbocycles. The standard InChI is InChI=1S/C11H15F2NO3S/c1-18(16,17)11-8(12)6-7(4-2-3-5-14)10(15)9(11)13/h6,15H,2-5,14H2,1H3. The van der Waals surface area contributed by atoms with Gasteiger partial charge in [0.05, 0.1) is 0 Å². The van der Waals surface area contributed by atoms with Crippen LogP contribution < -0.4 is 5.73 Å². The lowest BCUT2D eigenvalue weighted by Gasteiger charge is -2.09. The largest absolute Gasteiger partial charge is 0.505 e. The van der Waals surface area contributed by atoms with E-state index in [-0.39, 0.29) is 12.0 Å². The van der Waals surface area contributed by atoms with Crippen LogP contribution in [0.4, 0.5) is 8.78 Å².